The number of nitrogens with two attached hydrogens (primary N) is 1. The van der Waals surface area contributed by atoms with E-state index in [-0.39, 0.29) is 12.2 Å². The molecule has 12 nitrogen and oxygen atoms in total. The van der Waals surface area contributed by atoms with Crippen LogP contribution in [0.25, 0.3) is 22.7 Å². The van der Waals surface area contributed by atoms with Gasteiger partial charge in [0.2, 0.25) is 5.89 Å². The third-order valence-electron chi connectivity index (χ3n) is 5.23. The Morgan fingerprint density at radius 3 is 2.32 bits per heavy atom. The van der Waals surface area contributed by atoms with Crippen molar-refractivity contribution in [3.8, 4) is 23.1 Å². The van der Waals surface area contributed by atoms with Crippen molar-refractivity contribution >= 4 is 11.1 Å². The quantitative estimate of drug-likeness (QED) is 0.214. The minimum absolute atomic E-state index is 0.207. The summed E-state index contributed by atoms with van der Waals surface area (Å²) in [7, 11) is 1.57. The number of hydrogen-bond acceptors (Lipinski definition) is 11. The fraction of sp³-hybridized carbons (Fsp3) is 0.385. The van der Waals surface area contributed by atoms with Crippen LogP contribution in [0.2, 0.25) is 0 Å². The van der Waals surface area contributed by atoms with Gasteiger partial charge < -0.3 is 33.8 Å². The van der Waals surface area contributed by atoms with Gasteiger partial charge in [-0.25, -0.2) is 9.67 Å². The maximum Gasteiger partial charge on any atom is 0.266 e. The normalized spacial score (nSPS) is 11.2. The highest BCUT2D eigenvalue weighted by molar-refractivity contribution is 5.77. The summed E-state index contributed by atoms with van der Waals surface area (Å²) in [5.74, 6) is 1.60. The van der Waals surface area contributed by atoms with E-state index in [0.29, 0.717) is 87.0 Å². The van der Waals surface area contributed by atoms with Crippen molar-refractivity contribution in [1.29, 1.82) is 0 Å². The van der Waals surface area contributed by atoms with E-state index in [0.717, 1.165) is 5.69 Å². The highest BCUT2D eigenvalue weighted by Gasteiger charge is 2.12. The minimum Gasteiger partial charge on any atom is -0.490 e. The van der Waals surface area contributed by atoms with E-state index in [1.165, 1.54) is 10.7 Å². The van der Waals surface area contributed by atoms with Gasteiger partial charge in [0.05, 0.1) is 51.5 Å². The van der Waals surface area contributed by atoms with Gasteiger partial charge >= 0.3 is 0 Å². The monoisotopic (exact) mass is 525 g/mol. The Bertz CT molecular complexity index is 1340. The van der Waals surface area contributed by atoms with E-state index in [2.05, 4.69) is 15.1 Å². The smallest absolute Gasteiger partial charge is 0.266 e. The number of aryl methyl sites for hydroxylation is 1. The molecule has 3 heterocycles. The molecule has 0 aliphatic rings. The molecule has 38 heavy (non-hydrogen) atoms. The molecule has 0 atom stereocenters. The number of fused-ring (bicyclic) bond motifs is 1. The molecule has 0 saturated heterocycles. The molecule has 1 aromatic carbocycles. The van der Waals surface area contributed by atoms with Crippen molar-refractivity contribution in [1.82, 2.24) is 19.7 Å². The molecule has 12 heteroatoms. The first kappa shape index (κ1) is 27.2. The van der Waals surface area contributed by atoms with Crippen molar-refractivity contribution in [3.05, 3.63) is 64.7 Å². The standard InChI is InChI=1S/C26H31N5O7/c1-31-25(32)7-5-22(30-31)26-29-23-16-20(4-6-24(23)38-26)37-18-19-2-3-21(17-28-19)36-15-14-35-13-12-34-11-10-33-9-8-27/h2-7,16-17H,8-15,18,27H2,1H3. The summed E-state index contributed by atoms with van der Waals surface area (Å²) in [6, 6.07) is 12.0. The Morgan fingerprint density at radius 2 is 1.61 bits per heavy atom. The average molecular weight is 526 g/mol. The first-order valence-corrected chi connectivity index (χ1v) is 12.2. The number of rotatable bonds is 16. The largest absolute Gasteiger partial charge is 0.490 e. The summed E-state index contributed by atoms with van der Waals surface area (Å²) in [6.07, 6.45) is 1.65. The van der Waals surface area contributed by atoms with Gasteiger partial charge in [-0.05, 0) is 30.3 Å². The molecule has 4 rings (SSSR count). The van der Waals surface area contributed by atoms with Gasteiger partial charge in [0.15, 0.2) is 5.58 Å². The van der Waals surface area contributed by atoms with E-state index >= 15 is 0 Å². The van der Waals surface area contributed by atoms with Crippen LogP contribution >= 0.6 is 0 Å². The molecule has 0 amide bonds. The fourth-order valence-corrected chi connectivity index (χ4v) is 3.31. The Balaban J connectivity index is 1.17. The first-order chi connectivity index (χ1) is 18.6. The first-order valence-electron chi connectivity index (χ1n) is 12.2. The molecule has 0 bridgehead atoms. The highest BCUT2D eigenvalue weighted by Crippen LogP contribution is 2.26. The predicted octanol–water partition coefficient (Wildman–Crippen LogP) is 1.95. The number of hydrogen-bond donors (Lipinski definition) is 1. The van der Waals surface area contributed by atoms with Crippen LogP contribution in [0.1, 0.15) is 5.69 Å². The highest BCUT2D eigenvalue weighted by atomic mass is 16.6. The number of pyridine rings is 1. The summed E-state index contributed by atoms with van der Waals surface area (Å²) >= 11 is 0. The van der Waals surface area contributed by atoms with E-state index in [4.69, 9.17) is 33.8 Å². The van der Waals surface area contributed by atoms with Crippen molar-refractivity contribution in [2.24, 2.45) is 12.8 Å². The van der Waals surface area contributed by atoms with E-state index in [9.17, 15) is 4.79 Å². The Morgan fingerprint density at radius 1 is 0.868 bits per heavy atom. The SMILES string of the molecule is Cn1nc(-c2nc3cc(OCc4ccc(OCCOCCOCCOCCN)cn4)ccc3o2)ccc1=O. The predicted molar refractivity (Wildman–Crippen MR) is 138 cm³/mol. The third-order valence-corrected chi connectivity index (χ3v) is 5.23. The van der Waals surface area contributed by atoms with Crippen LogP contribution in [0.15, 0.2) is 57.9 Å². The van der Waals surface area contributed by atoms with Crippen LogP contribution < -0.4 is 20.8 Å². The number of nitrogens with zero attached hydrogens (tertiary/aromatic N) is 4. The zero-order chi connectivity index (χ0) is 26.6. The lowest BCUT2D eigenvalue weighted by atomic mass is 10.3. The molecule has 0 aliphatic carbocycles. The number of ether oxygens (including phenoxy) is 5. The van der Waals surface area contributed by atoms with Crippen LogP contribution in [0.4, 0.5) is 0 Å². The molecule has 0 spiro atoms. The van der Waals surface area contributed by atoms with Gasteiger partial charge in [-0.2, -0.15) is 5.10 Å². The average Bonchev–Trinajstić information content (AvgIpc) is 3.36. The Labute approximate surface area is 219 Å². The lowest BCUT2D eigenvalue weighted by Crippen LogP contribution is -2.18. The summed E-state index contributed by atoms with van der Waals surface area (Å²) in [6.45, 7) is 4.23. The Kier molecular flexibility index (Phi) is 10.2. The summed E-state index contributed by atoms with van der Waals surface area (Å²) in [5, 5.41) is 4.17. The summed E-state index contributed by atoms with van der Waals surface area (Å²) in [4.78, 5) is 20.4. The topological polar surface area (TPSA) is 146 Å². The van der Waals surface area contributed by atoms with Crippen molar-refractivity contribution in [2.75, 3.05) is 52.8 Å². The molecule has 4 aromatic rings. The molecular weight excluding hydrogens is 494 g/mol. The number of aromatic nitrogens is 4. The molecule has 0 unspecified atom stereocenters. The van der Waals surface area contributed by atoms with Gasteiger partial charge in [-0.1, -0.05) is 0 Å². The van der Waals surface area contributed by atoms with E-state index < -0.39 is 0 Å². The van der Waals surface area contributed by atoms with Crippen LogP contribution in [0.3, 0.4) is 0 Å². The van der Waals surface area contributed by atoms with Gasteiger partial charge in [-0.3, -0.25) is 9.78 Å². The van der Waals surface area contributed by atoms with Crippen LogP contribution in [0.5, 0.6) is 11.5 Å². The zero-order valence-electron chi connectivity index (χ0n) is 21.2. The van der Waals surface area contributed by atoms with Crippen molar-refractivity contribution < 1.29 is 28.1 Å². The second-order valence-corrected chi connectivity index (χ2v) is 8.08. The van der Waals surface area contributed by atoms with Crippen molar-refractivity contribution in [2.45, 2.75) is 6.61 Å². The molecular formula is C26H31N5O7. The van der Waals surface area contributed by atoms with E-state index in [1.54, 1.807) is 37.5 Å². The molecule has 0 aliphatic heterocycles. The van der Waals surface area contributed by atoms with Crippen LogP contribution in [-0.2, 0) is 27.9 Å². The van der Waals surface area contributed by atoms with Gasteiger partial charge in [0.1, 0.15) is 35.9 Å². The lowest BCUT2D eigenvalue weighted by molar-refractivity contribution is 0.0105. The second-order valence-electron chi connectivity index (χ2n) is 8.08. The zero-order valence-corrected chi connectivity index (χ0v) is 21.2. The van der Waals surface area contributed by atoms with Crippen LogP contribution in [-0.4, -0.2) is 72.5 Å². The van der Waals surface area contributed by atoms with Gasteiger partial charge in [0, 0.05) is 25.7 Å². The number of oxazole rings is 1. The number of benzene rings is 1. The minimum atomic E-state index is -0.207. The van der Waals surface area contributed by atoms with Gasteiger partial charge in [-0.15, -0.1) is 0 Å². The van der Waals surface area contributed by atoms with Crippen LogP contribution in [0, 0.1) is 0 Å². The molecule has 3 aromatic heterocycles. The molecule has 0 radical (unpaired) electrons. The third kappa shape index (κ3) is 8.08. The van der Waals surface area contributed by atoms with Gasteiger partial charge in [0.25, 0.3) is 5.56 Å². The Hall–Kier alpha value is -3.84. The summed E-state index contributed by atoms with van der Waals surface area (Å²) in [5.41, 5.74) is 7.56. The molecule has 202 valence electrons. The second kappa shape index (κ2) is 14.2. The fourth-order valence-electron chi connectivity index (χ4n) is 3.31. The molecule has 2 N–H and O–H groups in total. The molecule has 0 saturated carbocycles. The lowest BCUT2D eigenvalue weighted by Gasteiger charge is -2.09. The molecule has 0 fully saturated rings. The van der Waals surface area contributed by atoms with E-state index in [1.807, 2.05) is 12.1 Å². The maximum atomic E-state index is 11.6. The summed E-state index contributed by atoms with van der Waals surface area (Å²) < 4.78 is 34.6. The van der Waals surface area contributed by atoms with Crippen molar-refractivity contribution in [3.63, 3.8) is 0 Å². The maximum absolute atomic E-state index is 11.6.